The Labute approximate surface area is 151 Å². The molecular weight excluding hydrogens is 366 g/mol. The standard InChI is InChI=1S/C17H18ClNO5S/c1-12(10-17(20)21)19(13-8-9-15(18)16(11-13)24-2)25(22,23)14-6-4-3-5-7-14/h3-9,11-12H,10H2,1-2H3,(H,20,21). The van der Waals surface area contributed by atoms with E-state index in [-0.39, 0.29) is 17.0 Å². The highest BCUT2D eigenvalue weighted by molar-refractivity contribution is 7.92. The zero-order valence-corrected chi connectivity index (χ0v) is 15.3. The van der Waals surface area contributed by atoms with Gasteiger partial charge in [-0.25, -0.2) is 8.42 Å². The Bertz CT molecular complexity index is 855. The first kappa shape index (κ1) is 19.1. The van der Waals surface area contributed by atoms with Gasteiger partial charge in [0.05, 0.1) is 35.2 Å². The second-order valence-electron chi connectivity index (χ2n) is 5.38. The number of benzene rings is 2. The van der Waals surface area contributed by atoms with Crippen molar-refractivity contribution in [1.29, 1.82) is 0 Å². The zero-order chi connectivity index (χ0) is 18.6. The molecule has 0 saturated carbocycles. The van der Waals surface area contributed by atoms with Crippen molar-refractivity contribution in [3.63, 3.8) is 0 Å². The van der Waals surface area contributed by atoms with Gasteiger partial charge in [-0.1, -0.05) is 29.8 Å². The van der Waals surface area contributed by atoms with Crippen LogP contribution in [0.2, 0.25) is 5.02 Å². The van der Waals surface area contributed by atoms with E-state index in [2.05, 4.69) is 0 Å². The lowest BCUT2D eigenvalue weighted by Crippen LogP contribution is -2.40. The molecule has 0 radical (unpaired) electrons. The molecule has 2 aromatic carbocycles. The summed E-state index contributed by atoms with van der Waals surface area (Å²) in [5, 5.41) is 9.42. The normalized spacial score (nSPS) is 12.4. The van der Waals surface area contributed by atoms with E-state index in [0.29, 0.717) is 10.8 Å². The molecule has 1 unspecified atom stereocenters. The largest absolute Gasteiger partial charge is 0.495 e. The van der Waals surface area contributed by atoms with Gasteiger partial charge in [-0.3, -0.25) is 9.10 Å². The third-order valence-electron chi connectivity index (χ3n) is 3.56. The minimum atomic E-state index is -3.97. The number of carboxylic acid groups (broad SMARTS) is 1. The molecule has 6 nitrogen and oxygen atoms in total. The molecule has 0 spiro atoms. The van der Waals surface area contributed by atoms with Crippen molar-refractivity contribution in [3.8, 4) is 5.75 Å². The lowest BCUT2D eigenvalue weighted by Gasteiger charge is -2.30. The summed E-state index contributed by atoms with van der Waals surface area (Å²) >= 11 is 6.01. The summed E-state index contributed by atoms with van der Waals surface area (Å²) in [6.45, 7) is 1.54. The van der Waals surface area contributed by atoms with Crippen LogP contribution in [-0.4, -0.2) is 32.6 Å². The minimum absolute atomic E-state index is 0.0705. The van der Waals surface area contributed by atoms with Crippen LogP contribution in [0.25, 0.3) is 0 Å². The molecule has 0 bridgehead atoms. The van der Waals surface area contributed by atoms with Crippen LogP contribution in [0.1, 0.15) is 13.3 Å². The van der Waals surface area contributed by atoms with Crippen LogP contribution in [0, 0.1) is 0 Å². The highest BCUT2D eigenvalue weighted by atomic mass is 35.5. The Hall–Kier alpha value is -2.25. The molecule has 0 saturated heterocycles. The zero-order valence-electron chi connectivity index (χ0n) is 13.7. The van der Waals surface area contributed by atoms with Crippen LogP contribution in [0.5, 0.6) is 5.75 Å². The number of halogens is 1. The van der Waals surface area contributed by atoms with Gasteiger partial charge >= 0.3 is 5.97 Å². The Kier molecular flexibility index (Phi) is 5.92. The van der Waals surface area contributed by atoms with Crippen LogP contribution in [0.3, 0.4) is 0 Å². The molecule has 25 heavy (non-hydrogen) atoms. The summed E-state index contributed by atoms with van der Waals surface area (Å²) < 4.78 is 32.4. The molecule has 0 heterocycles. The molecule has 2 rings (SSSR count). The number of rotatable bonds is 7. The smallest absolute Gasteiger partial charge is 0.305 e. The van der Waals surface area contributed by atoms with Crippen LogP contribution in [0.15, 0.2) is 53.4 Å². The fourth-order valence-electron chi connectivity index (χ4n) is 2.46. The molecule has 0 aliphatic carbocycles. The number of aliphatic carboxylic acids is 1. The molecule has 0 amide bonds. The van der Waals surface area contributed by atoms with Crippen LogP contribution >= 0.6 is 11.6 Å². The first-order valence-corrected chi connectivity index (χ1v) is 9.24. The van der Waals surface area contributed by atoms with Gasteiger partial charge < -0.3 is 9.84 Å². The summed E-state index contributed by atoms with van der Waals surface area (Å²) in [6.07, 6.45) is -0.350. The van der Waals surface area contributed by atoms with E-state index in [1.165, 1.54) is 44.4 Å². The number of nitrogens with zero attached hydrogens (tertiary/aromatic N) is 1. The van der Waals surface area contributed by atoms with Gasteiger partial charge in [-0.15, -0.1) is 0 Å². The van der Waals surface area contributed by atoms with E-state index in [0.717, 1.165) is 4.31 Å². The molecule has 1 atom stereocenters. The second kappa shape index (κ2) is 7.76. The monoisotopic (exact) mass is 383 g/mol. The van der Waals surface area contributed by atoms with Gasteiger partial charge in [0.25, 0.3) is 10.0 Å². The Morgan fingerprint density at radius 3 is 2.44 bits per heavy atom. The maximum absolute atomic E-state index is 13.1. The Balaban J connectivity index is 2.60. The number of ether oxygens (including phenoxy) is 1. The van der Waals surface area contributed by atoms with Crippen molar-refractivity contribution >= 4 is 33.3 Å². The van der Waals surface area contributed by atoms with Crippen molar-refractivity contribution < 1.29 is 23.1 Å². The van der Waals surface area contributed by atoms with Crippen LogP contribution in [-0.2, 0) is 14.8 Å². The van der Waals surface area contributed by atoms with Gasteiger partial charge in [-0.05, 0) is 31.2 Å². The van der Waals surface area contributed by atoms with Crippen LogP contribution in [0.4, 0.5) is 5.69 Å². The predicted octanol–water partition coefficient (Wildman–Crippen LogP) is 3.41. The Morgan fingerprint density at radius 1 is 1.24 bits per heavy atom. The topological polar surface area (TPSA) is 83.9 Å². The fourth-order valence-corrected chi connectivity index (χ4v) is 4.32. The molecule has 0 aromatic heterocycles. The number of methoxy groups -OCH3 is 1. The van der Waals surface area contributed by atoms with Crippen molar-refractivity contribution in [2.24, 2.45) is 0 Å². The molecule has 0 fully saturated rings. The molecule has 1 N–H and O–H groups in total. The van der Waals surface area contributed by atoms with E-state index < -0.39 is 22.0 Å². The van der Waals surface area contributed by atoms with Crippen LogP contribution < -0.4 is 9.04 Å². The molecule has 134 valence electrons. The van der Waals surface area contributed by atoms with Crippen molar-refractivity contribution in [1.82, 2.24) is 0 Å². The van der Waals surface area contributed by atoms with Gasteiger partial charge in [0, 0.05) is 6.07 Å². The summed E-state index contributed by atoms with van der Waals surface area (Å²) in [7, 11) is -2.55. The summed E-state index contributed by atoms with van der Waals surface area (Å²) in [5.41, 5.74) is 0.277. The number of sulfonamides is 1. The molecule has 0 aliphatic rings. The SMILES string of the molecule is COc1cc(N(C(C)CC(=O)O)S(=O)(=O)c2ccccc2)ccc1Cl. The van der Waals surface area contributed by atoms with E-state index in [1.54, 1.807) is 18.2 Å². The highest BCUT2D eigenvalue weighted by Crippen LogP contribution is 2.33. The average molecular weight is 384 g/mol. The lowest BCUT2D eigenvalue weighted by molar-refractivity contribution is -0.137. The quantitative estimate of drug-likeness (QED) is 0.792. The van der Waals surface area contributed by atoms with Gasteiger partial charge in [-0.2, -0.15) is 0 Å². The number of anilines is 1. The van der Waals surface area contributed by atoms with E-state index >= 15 is 0 Å². The maximum Gasteiger partial charge on any atom is 0.305 e. The fraction of sp³-hybridized carbons (Fsp3) is 0.235. The number of hydrogen-bond acceptors (Lipinski definition) is 4. The van der Waals surface area contributed by atoms with Crippen molar-refractivity contribution in [2.75, 3.05) is 11.4 Å². The summed E-state index contributed by atoms with van der Waals surface area (Å²) in [6, 6.07) is 11.5. The van der Waals surface area contributed by atoms with E-state index in [4.69, 9.17) is 21.4 Å². The minimum Gasteiger partial charge on any atom is -0.495 e. The third kappa shape index (κ3) is 4.24. The number of carbonyl (C=O) groups is 1. The van der Waals surface area contributed by atoms with Gasteiger partial charge in [0.15, 0.2) is 0 Å². The predicted molar refractivity (Wildman–Crippen MR) is 95.8 cm³/mol. The number of carboxylic acids is 1. The molecular formula is C17H18ClNO5S. The van der Waals surface area contributed by atoms with E-state index in [1.807, 2.05) is 0 Å². The van der Waals surface area contributed by atoms with Gasteiger partial charge in [0.1, 0.15) is 5.75 Å². The summed E-state index contributed by atoms with van der Waals surface area (Å²) in [4.78, 5) is 11.2. The third-order valence-corrected chi connectivity index (χ3v) is 5.83. The molecule has 8 heteroatoms. The number of hydrogen-bond donors (Lipinski definition) is 1. The lowest BCUT2D eigenvalue weighted by atomic mass is 10.2. The maximum atomic E-state index is 13.1. The van der Waals surface area contributed by atoms with E-state index in [9.17, 15) is 13.2 Å². The molecule has 0 aliphatic heterocycles. The first-order chi connectivity index (χ1) is 11.8. The average Bonchev–Trinajstić information content (AvgIpc) is 2.56. The first-order valence-electron chi connectivity index (χ1n) is 7.42. The second-order valence-corrected chi connectivity index (χ2v) is 7.60. The van der Waals surface area contributed by atoms with Crippen molar-refractivity contribution in [3.05, 3.63) is 53.6 Å². The highest BCUT2D eigenvalue weighted by Gasteiger charge is 2.31. The molecule has 2 aromatic rings. The van der Waals surface area contributed by atoms with Crippen molar-refractivity contribution in [2.45, 2.75) is 24.3 Å². The van der Waals surface area contributed by atoms with Gasteiger partial charge in [0.2, 0.25) is 0 Å². The summed E-state index contributed by atoms with van der Waals surface area (Å²) in [5.74, 6) is -0.795. The Morgan fingerprint density at radius 2 is 1.88 bits per heavy atom.